The monoisotopic (exact) mass is 222 g/mol. The lowest BCUT2D eigenvalue weighted by Gasteiger charge is -2.27. The average Bonchev–Trinajstić information content (AvgIpc) is 2.18. The van der Waals surface area contributed by atoms with Crippen molar-refractivity contribution in [2.45, 2.75) is 34.6 Å². The molecule has 0 aliphatic carbocycles. The second-order valence-corrected chi connectivity index (χ2v) is 5.38. The summed E-state index contributed by atoms with van der Waals surface area (Å²) in [7, 11) is 0. The molecular formula is C12H22N4. The highest BCUT2D eigenvalue weighted by molar-refractivity contribution is 5.53. The standard InChI is InChI=1S/C12H22N4/c1-8(12(3,4)5)6-14-11-9(2)10(13)15-7-16-11/h7-8H,6H2,1-5H3,(H3,13,14,15,16). The summed E-state index contributed by atoms with van der Waals surface area (Å²) >= 11 is 0. The third-order valence-electron chi connectivity index (χ3n) is 3.18. The van der Waals surface area contributed by atoms with Gasteiger partial charge in [0.1, 0.15) is 18.0 Å². The van der Waals surface area contributed by atoms with Gasteiger partial charge in [-0.3, -0.25) is 0 Å². The van der Waals surface area contributed by atoms with Crippen molar-refractivity contribution in [1.29, 1.82) is 0 Å². The molecule has 0 amide bonds. The van der Waals surface area contributed by atoms with Crippen molar-refractivity contribution in [2.24, 2.45) is 11.3 Å². The van der Waals surface area contributed by atoms with Gasteiger partial charge in [-0.2, -0.15) is 0 Å². The van der Waals surface area contributed by atoms with Crippen LogP contribution >= 0.6 is 0 Å². The van der Waals surface area contributed by atoms with E-state index in [0.717, 1.165) is 17.9 Å². The molecular weight excluding hydrogens is 200 g/mol. The van der Waals surface area contributed by atoms with Crippen LogP contribution in [0.1, 0.15) is 33.3 Å². The number of nitrogens with one attached hydrogen (secondary N) is 1. The van der Waals surface area contributed by atoms with Gasteiger partial charge in [-0.15, -0.1) is 0 Å². The van der Waals surface area contributed by atoms with Gasteiger partial charge in [0.2, 0.25) is 0 Å². The Kier molecular flexibility index (Phi) is 3.73. The van der Waals surface area contributed by atoms with Gasteiger partial charge in [0.15, 0.2) is 0 Å². The van der Waals surface area contributed by atoms with Crippen LogP contribution in [0.5, 0.6) is 0 Å². The van der Waals surface area contributed by atoms with Gasteiger partial charge in [-0.05, 0) is 18.3 Å². The Morgan fingerprint density at radius 3 is 2.56 bits per heavy atom. The van der Waals surface area contributed by atoms with Crippen molar-refractivity contribution >= 4 is 11.6 Å². The van der Waals surface area contributed by atoms with E-state index in [9.17, 15) is 0 Å². The first-order valence-electron chi connectivity index (χ1n) is 5.63. The number of nitrogens with zero attached hydrogens (tertiary/aromatic N) is 2. The number of hydrogen-bond donors (Lipinski definition) is 2. The Balaban J connectivity index is 2.65. The lowest BCUT2D eigenvalue weighted by molar-refractivity contribution is 0.274. The molecule has 1 aromatic rings. The molecule has 1 aromatic heterocycles. The van der Waals surface area contributed by atoms with E-state index in [4.69, 9.17) is 5.73 Å². The third kappa shape index (κ3) is 3.08. The lowest BCUT2D eigenvalue weighted by atomic mass is 9.82. The van der Waals surface area contributed by atoms with E-state index in [2.05, 4.69) is 43.0 Å². The van der Waals surface area contributed by atoms with Gasteiger partial charge >= 0.3 is 0 Å². The molecule has 0 fully saturated rings. The predicted molar refractivity (Wildman–Crippen MR) is 68.3 cm³/mol. The highest BCUT2D eigenvalue weighted by Gasteiger charge is 2.19. The summed E-state index contributed by atoms with van der Waals surface area (Å²) in [5.74, 6) is 1.94. The first-order valence-corrected chi connectivity index (χ1v) is 5.63. The molecule has 0 aromatic carbocycles. The summed E-state index contributed by atoms with van der Waals surface area (Å²) in [6.45, 7) is 11.8. The maximum absolute atomic E-state index is 5.72. The molecule has 90 valence electrons. The van der Waals surface area contributed by atoms with Gasteiger partial charge < -0.3 is 11.1 Å². The number of hydrogen-bond acceptors (Lipinski definition) is 4. The summed E-state index contributed by atoms with van der Waals surface area (Å²) < 4.78 is 0. The van der Waals surface area contributed by atoms with E-state index in [0.29, 0.717) is 17.2 Å². The van der Waals surface area contributed by atoms with E-state index in [1.165, 1.54) is 6.33 Å². The molecule has 0 aliphatic heterocycles. The van der Waals surface area contributed by atoms with E-state index >= 15 is 0 Å². The number of anilines is 2. The van der Waals surface area contributed by atoms with E-state index < -0.39 is 0 Å². The first-order chi connectivity index (χ1) is 7.32. The molecule has 0 saturated heterocycles. The van der Waals surface area contributed by atoms with Gasteiger partial charge in [-0.25, -0.2) is 9.97 Å². The summed E-state index contributed by atoms with van der Waals surface area (Å²) in [4.78, 5) is 8.13. The molecule has 1 unspecified atom stereocenters. The van der Waals surface area contributed by atoms with Crippen LogP contribution in [0, 0.1) is 18.3 Å². The second-order valence-electron chi connectivity index (χ2n) is 5.38. The zero-order valence-corrected chi connectivity index (χ0v) is 10.8. The van der Waals surface area contributed by atoms with Crippen molar-refractivity contribution < 1.29 is 0 Å². The minimum Gasteiger partial charge on any atom is -0.383 e. The first kappa shape index (κ1) is 12.7. The summed E-state index contributed by atoms with van der Waals surface area (Å²) in [6, 6.07) is 0. The normalized spacial score (nSPS) is 13.6. The van der Waals surface area contributed by atoms with Gasteiger partial charge in [0.05, 0.1) is 0 Å². The van der Waals surface area contributed by atoms with Crippen LogP contribution in [-0.4, -0.2) is 16.5 Å². The van der Waals surface area contributed by atoms with Gasteiger partial charge in [-0.1, -0.05) is 27.7 Å². The largest absolute Gasteiger partial charge is 0.383 e. The Bertz CT molecular complexity index is 355. The molecule has 0 saturated carbocycles. The predicted octanol–water partition coefficient (Wildman–Crippen LogP) is 2.46. The van der Waals surface area contributed by atoms with Crippen molar-refractivity contribution in [3.8, 4) is 0 Å². The number of nitrogens with two attached hydrogens (primary N) is 1. The Morgan fingerprint density at radius 1 is 1.38 bits per heavy atom. The molecule has 4 nitrogen and oxygen atoms in total. The minimum atomic E-state index is 0.291. The van der Waals surface area contributed by atoms with E-state index in [1.54, 1.807) is 0 Å². The Labute approximate surface area is 97.7 Å². The highest BCUT2D eigenvalue weighted by atomic mass is 15.0. The molecule has 1 heterocycles. The molecule has 0 spiro atoms. The topological polar surface area (TPSA) is 63.8 Å². The Morgan fingerprint density at radius 2 is 2.00 bits per heavy atom. The zero-order chi connectivity index (χ0) is 12.3. The average molecular weight is 222 g/mol. The molecule has 0 radical (unpaired) electrons. The van der Waals surface area contributed by atoms with Gasteiger partial charge in [0.25, 0.3) is 0 Å². The maximum atomic E-state index is 5.72. The molecule has 3 N–H and O–H groups in total. The van der Waals surface area contributed by atoms with Crippen molar-refractivity contribution in [3.05, 3.63) is 11.9 Å². The second kappa shape index (κ2) is 4.68. The van der Waals surface area contributed by atoms with Crippen LogP contribution in [0.25, 0.3) is 0 Å². The highest BCUT2D eigenvalue weighted by Crippen LogP contribution is 2.26. The van der Waals surface area contributed by atoms with Crippen LogP contribution in [0.15, 0.2) is 6.33 Å². The molecule has 1 rings (SSSR count). The summed E-state index contributed by atoms with van der Waals surface area (Å²) in [5, 5.41) is 3.33. The molecule has 1 atom stereocenters. The van der Waals surface area contributed by atoms with E-state index in [-0.39, 0.29) is 0 Å². The number of nitrogen functional groups attached to an aromatic ring is 1. The van der Waals surface area contributed by atoms with Crippen LogP contribution < -0.4 is 11.1 Å². The summed E-state index contributed by atoms with van der Waals surface area (Å²) in [5.41, 5.74) is 6.93. The van der Waals surface area contributed by atoms with Crippen LogP contribution in [-0.2, 0) is 0 Å². The third-order valence-corrected chi connectivity index (χ3v) is 3.18. The molecule has 16 heavy (non-hydrogen) atoms. The maximum Gasteiger partial charge on any atom is 0.134 e. The van der Waals surface area contributed by atoms with Crippen LogP contribution in [0.3, 0.4) is 0 Å². The van der Waals surface area contributed by atoms with Crippen molar-refractivity contribution in [2.75, 3.05) is 17.6 Å². The zero-order valence-electron chi connectivity index (χ0n) is 10.8. The lowest BCUT2D eigenvalue weighted by Crippen LogP contribution is -2.25. The molecule has 0 bridgehead atoms. The molecule has 4 heteroatoms. The minimum absolute atomic E-state index is 0.291. The number of aromatic nitrogens is 2. The fourth-order valence-electron chi connectivity index (χ4n) is 1.20. The molecule has 0 aliphatic rings. The fourth-order valence-corrected chi connectivity index (χ4v) is 1.20. The summed E-state index contributed by atoms with van der Waals surface area (Å²) in [6.07, 6.45) is 1.49. The van der Waals surface area contributed by atoms with Crippen LogP contribution in [0.4, 0.5) is 11.6 Å². The van der Waals surface area contributed by atoms with Crippen molar-refractivity contribution in [1.82, 2.24) is 9.97 Å². The smallest absolute Gasteiger partial charge is 0.134 e. The SMILES string of the molecule is Cc1c(N)ncnc1NCC(C)C(C)(C)C. The Hall–Kier alpha value is -1.32. The van der Waals surface area contributed by atoms with Gasteiger partial charge in [0, 0.05) is 12.1 Å². The fraction of sp³-hybridized carbons (Fsp3) is 0.667. The number of rotatable bonds is 3. The quantitative estimate of drug-likeness (QED) is 0.824. The van der Waals surface area contributed by atoms with E-state index in [1.807, 2.05) is 6.92 Å². The van der Waals surface area contributed by atoms with Crippen LogP contribution in [0.2, 0.25) is 0 Å². The van der Waals surface area contributed by atoms with Crippen molar-refractivity contribution in [3.63, 3.8) is 0 Å².